The van der Waals surface area contributed by atoms with E-state index in [1.807, 2.05) is 12.1 Å². The molecule has 2 heterocycles. The number of hydrogen-bond acceptors (Lipinski definition) is 7. The van der Waals surface area contributed by atoms with Crippen LogP contribution < -0.4 is 19.7 Å². The fourth-order valence-electron chi connectivity index (χ4n) is 2.95. The fourth-order valence-corrected chi connectivity index (χ4v) is 2.95. The van der Waals surface area contributed by atoms with Crippen LogP contribution in [0.3, 0.4) is 0 Å². The highest BCUT2D eigenvalue weighted by Crippen LogP contribution is 2.16. The van der Waals surface area contributed by atoms with Crippen molar-refractivity contribution >= 4 is 17.6 Å². The van der Waals surface area contributed by atoms with Crippen molar-refractivity contribution in [3.8, 4) is 11.5 Å². The summed E-state index contributed by atoms with van der Waals surface area (Å²) in [4.78, 5) is 36.0. The van der Waals surface area contributed by atoms with E-state index < -0.39 is 0 Å². The van der Waals surface area contributed by atoms with Gasteiger partial charge in [-0.15, -0.1) is 0 Å². The van der Waals surface area contributed by atoms with E-state index in [0.29, 0.717) is 50.9 Å². The summed E-state index contributed by atoms with van der Waals surface area (Å²) in [6.45, 7) is 4.97. The summed E-state index contributed by atoms with van der Waals surface area (Å²) >= 11 is 0. The number of nitrogens with zero attached hydrogens (tertiary/aromatic N) is 4. The van der Waals surface area contributed by atoms with Gasteiger partial charge in [-0.3, -0.25) is 9.59 Å². The third-order valence-corrected chi connectivity index (χ3v) is 4.64. The third-order valence-electron chi connectivity index (χ3n) is 4.64. The number of carbonyl (C=O) groups is 2. The van der Waals surface area contributed by atoms with Crippen molar-refractivity contribution in [1.82, 2.24) is 20.2 Å². The van der Waals surface area contributed by atoms with Gasteiger partial charge in [0.1, 0.15) is 29.6 Å². The van der Waals surface area contributed by atoms with E-state index in [4.69, 9.17) is 9.47 Å². The fraction of sp³-hybridized carbons (Fsp3) is 0.400. The molecular formula is C20H25N5O4. The molecular weight excluding hydrogens is 374 g/mol. The summed E-state index contributed by atoms with van der Waals surface area (Å²) in [7, 11) is 1.61. The van der Waals surface area contributed by atoms with E-state index in [9.17, 15) is 9.59 Å². The number of anilines is 1. The first-order valence-electron chi connectivity index (χ1n) is 9.44. The molecule has 1 aliphatic rings. The van der Waals surface area contributed by atoms with Gasteiger partial charge in [-0.2, -0.15) is 0 Å². The van der Waals surface area contributed by atoms with Gasteiger partial charge in [-0.1, -0.05) is 0 Å². The quantitative estimate of drug-likeness (QED) is 0.693. The number of rotatable bonds is 7. The number of carbonyl (C=O) groups excluding carboxylic acids is 2. The molecule has 1 aromatic carbocycles. The third kappa shape index (κ3) is 5.56. The van der Waals surface area contributed by atoms with Crippen LogP contribution in [0.2, 0.25) is 0 Å². The molecule has 9 heteroatoms. The van der Waals surface area contributed by atoms with Crippen LogP contribution in [0.5, 0.6) is 11.5 Å². The lowest BCUT2D eigenvalue weighted by molar-refractivity contribution is -0.129. The average molecular weight is 399 g/mol. The molecule has 3 rings (SSSR count). The molecule has 0 radical (unpaired) electrons. The molecule has 29 heavy (non-hydrogen) atoms. The van der Waals surface area contributed by atoms with Crippen molar-refractivity contribution in [2.24, 2.45) is 0 Å². The van der Waals surface area contributed by atoms with Gasteiger partial charge < -0.3 is 24.6 Å². The smallest absolute Gasteiger partial charge is 0.271 e. The highest BCUT2D eigenvalue weighted by molar-refractivity contribution is 5.92. The second-order valence-corrected chi connectivity index (χ2v) is 6.53. The highest BCUT2D eigenvalue weighted by Gasteiger charge is 2.20. The summed E-state index contributed by atoms with van der Waals surface area (Å²) in [6, 6.07) is 7.23. The number of piperazine rings is 1. The minimum atomic E-state index is -0.302. The summed E-state index contributed by atoms with van der Waals surface area (Å²) < 4.78 is 10.7. The first-order chi connectivity index (χ1) is 14.1. The van der Waals surface area contributed by atoms with Crippen molar-refractivity contribution in [2.45, 2.75) is 6.92 Å². The second-order valence-electron chi connectivity index (χ2n) is 6.53. The maximum atomic E-state index is 12.2. The van der Waals surface area contributed by atoms with E-state index in [-0.39, 0.29) is 17.5 Å². The van der Waals surface area contributed by atoms with Crippen LogP contribution in [-0.2, 0) is 4.79 Å². The number of ether oxygens (including phenoxy) is 2. The number of methoxy groups -OCH3 is 1. The zero-order valence-electron chi connectivity index (χ0n) is 16.6. The molecule has 1 aromatic heterocycles. The van der Waals surface area contributed by atoms with Gasteiger partial charge in [0.25, 0.3) is 5.91 Å². The van der Waals surface area contributed by atoms with Crippen LogP contribution in [0, 0.1) is 0 Å². The monoisotopic (exact) mass is 399 g/mol. The van der Waals surface area contributed by atoms with Gasteiger partial charge in [-0.05, 0) is 24.3 Å². The Bertz CT molecular complexity index is 818. The number of aromatic nitrogens is 2. The molecule has 2 amide bonds. The number of benzene rings is 1. The van der Waals surface area contributed by atoms with Gasteiger partial charge in [0.05, 0.1) is 26.0 Å². The molecule has 2 aromatic rings. The minimum absolute atomic E-state index is 0.0822. The Kier molecular flexibility index (Phi) is 6.83. The Morgan fingerprint density at radius 1 is 1.03 bits per heavy atom. The van der Waals surface area contributed by atoms with Crippen molar-refractivity contribution < 1.29 is 19.1 Å². The van der Waals surface area contributed by atoms with E-state index >= 15 is 0 Å². The lowest BCUT2D eigenvalue weighted by Crippen LogP contribution is -2.48. The molecule has 1 N–H and O–H groups in total. The summed E-state index contributed by atoms with van der Waals surface area (Å²) in [5, 5.41) is 2.76. The number of nitrogens with one attached hydrogen (secondary N) is 1. The molecule has 1 saturated heterocycles. The van der Waals surface area contributed by atoms with Crippen LogP contribution in [0.4, 0.5) is 5.82 Å². The van der Waals surface area contributed by atoms with Crippen molar-refractivity contribution in [3.63, 3.8) is 0 Å². The summed E-state index contributed by atoms with van der Waals surface area (Å²) in [5.41, 5.74) is 0.251. The zero-order valence-corrected chi connectivity index (χ0v) is 16.6. The van der Waals surface area contributed by atoms with E-state index in [0.717, 1.165) is 5.75 Å². The van der Waals surface area contributed by atoms with Crippen LogP contribution in [0.25, 0.3) is 0 Å². The van der Waals surface area contributed by atoms with Gasteiger partial charge in [0.2, 0.25) is 5.91 Å². The number of hydrogen-bond donors (Lipinski definition) is 1. The molecule has 0 aliphatic carbocycles. The van der Waals surface area contributed by atoms with Crippen LogP contribution in [0.15, 0.2) is 36.7 Å². The average Bonchev–Trinajstić information content (AvgIpc) is 2.77. The maximum Gasteiger partial charge on any atom is 0.271 e. The molecule has 0 spiro atoms. The Labute approximate surface area is 169 Å². The lowest BCUT2D eigenvalue weighted by atomic mass is 10.3. The molecule has 0 saturated carbocycles. The SMILES string of the molecule is COc1ccc(OCCNC(=O)c2cnc(N3CCN(C(C)=O)CC3)cn2)cc1. The first-order valence-corrected chi connectivity index (χ1v) is 9.44. The second kappa shape index (κ2) is 9.72. The van der Waals surface area contributed by atoms with Gasteiger partial charge in [0, 0.05) is 33.1 Å². The first kappa shape index (κ1) is 20.4. The predicted octanol–water partition coefficient (Wildman–Crippen LogP) is 0.962. The summed E-state index contributed by atoms with van der Waals surface area (Å²) in [5.74, 6) is 1.94. The number of amides is 2. The largest absolute Gasteiger partial charge is 0.497 e. The van der Waals surface area contributed by atoms with Gasteiger partial charge in [0.15, 0.2) is 0 Å². The molecule has 0 atom stereocenters. The zero-order chi connectivity index (χ0) is 20.6. The Morgan fingerprint density at radius 3 is 2.31 bits per heavy atom. The van der Waals surface area contributed by atoms with Crippen LogP contribution in [0.1, 0.15) is 17.4 Å². The maximum absolute atomic E-state index is 12.2. The molecule has 1 aliphatic heterocycles. The Morgan fingerprint density at radius 2 is 1.72 bits per heavy atom. The van der Waals surface area contributed by atoms with E-state index in [2.05, 4.69) is 20.2 Å². The standard InChI is InChI=1S/C20H25N5O4/c1-15(26)24-8-10-25(11-9-24)19-14-22-18(13-23-19)20(27)21-7-12-29-17-5-3-16(28-2)4-6-17/h3-6,13-14H,7-12H2,1-2H3,(H,21,27). The van der Waals surface area contributed by atoms with E-state index in [1.165, 1.54) is 6.20 Å². The summed E-state index contributed by atoms with van der Waals surface area (Å²) in [6.07, 6.45) is 3.05. The van der Waals surface area contributed by atoms with Gasteiger partial charge in [-0.25, -0.2) is 9.97 Å². The Balaban J connectivity index is 1.42. The van der Waals surface area contributed by atoms with E-state index in [1.54, 1.807) is 37.3 Å². The molecule has 0 bridgehead atoms. The molecule has 9 nitrogen and oxygen atoms in total. The van der Waals surface area contributed by atoms with Crippen LogP contribution in [-0.4, -0.2) is 73.1 Å². The van der Waals surface area contributed by atoms with Crippen LogP contribution >= 0.6 is 0 Å². The molecule has 0 unspecified atom stereocenters. The van der Waals surface area contributed by atoms with Crippen molar-refractivity contribution in [3.05, 3.63) is 42.4 Å². The molecule has 154 valence electrons. The topological polar surface area (TPSA) is 96.9 Å². The van der Waals surface area contributed by atoms with Crippen molar-refractivity contribution in [2.75, 3.05) is 51.3 Å². The lowest BCUT2D eigenvalue weighted by Gasteiger charge is -2.34. The van der Waals surface area contributed by atoms with Gasteiger partial charge >= 0.3 is 0 Å². The highest BCUT2D eigenvalue weighted by atomic mass is 16.5. The molecule has 1 fully saturated rings. The van der Waals surface area contributed by atoms with Crippen molar-refractivity contribution in [1.29, 1.82) is 0 Å². The normalized spacial score (nSPS) is 13.7. The minimum Gasteiger partial charge on any atom is -0.497 e. The predicted molar refractivity (Wildman–Crippen MR) is 107 cm³/mol. The Hall–Kier alpha value is -3.36.